The molecule has 0 bridgehead atoms. The Morgan fingerprint density at radius 3 is 2.16 bits per heavy atom. The number of rotatable bonds is 3. The third-order valence-corrected chi connectivity index (χ3v) is 4.67. The molecule has 1 N–H and O–H groups in total. The SMILES string of the molecule is Cc1ccc(CNc2c(Br)cc(Br)cc2Br)c(C)c1. The van der Waals surface area contributed by atoms with Gasteiger partial charge >= 0.3 is 0 Å². The first-order chi connectivity index (χ1) is 8.97. The van der Waals surface area contributed by atoms with E-state index in [1.54, 1.807) is 0 Å². The van der Waals surface area contributed by atoms with Crippen LogP contribution in [0.15, 0.2) is 43.7 Å². The molecule has 19 heavy (non-hydrogen) atoms. The van der Waals surface area contributed by atoms with Crippen LogP contribution in [0.2, 0.25) is 0 Å². The van der Waals surface area contributed by atoms with Gasteiger partial charge in [0.15, 0.2) is 0 Å². The molecule has 0 radical (unpaired) electrons. The van der Waals surface area contributed by atoms with E-state index in [-0.39, 0.29) is 0 Å². The molecule has 0 fully saturated rings. The summed E-state index contributed by atoms with van der Waals surface area (Å²) < 4.78 is 3.13. The van der Waals surface area contributed by atoms with E-state index in [1.807, 2.05) is 12.1 Å². The van der Waals surface area contributed by atoms with Gasteiger partial charge in [-0.2, -0.15) is 0 Å². The molecule has 0 unspecified atom stereocenters. The van der Waals surface area contributed by atoms with E-state index < -0.39 is 0 Å². The van der Waals surface area contributed by atoms with Crippen molar-refractivity contribution in [3.8, 4) is 0 Å². The molecule has 1 nitrogen and oxygen atoms in total. The summed E-state index contributed by atoms with van der Waals surface area (Å²) in [5, 5.41) is 3.47. The molecule has 0 aliphatic rings. The van der Waals surface area contributed by atoms with Crippen molar-refractivity contribution >= 4 is 53.5 Å². The van der Waals surface area contributed by atoms with Gasteiger partial charge in [0.25, 0.3) is 0 Å². The van der Waals surface area contributed by atoms with Crippen LogP contribution in [0.5, 0.6) is 0 Å². The monoisotopic (exact) mass is 445 g/mol. The van der Waals surface area contributed by atoms with Gasteiger partial charge in [-0.3, -0.25) is 0 Å². The van der Waals surface area contributed by atoms with E-state index in [4.69, 9.17) is 0 Å². The van der Waals surface area contributed by atoms with Gasteiger partial charge in [-0.15, -0.1) is 0 Å². The Morgan fingerprint density at radius 2 is 1.58 bits per heavy atom. The second-order valence-corrected chi connectivity index (χ2v) is 7.15. The van der Waals surface area contributed by atoms with E-state index in [9.17, 15) is 0 Å². The molecule has 0 aliphatic carbocycles. The lowest BCUT2D eigenvalue weighted by molar-refractivity contribution is 1.11. The summed E-state index contributed by atoms with van der Waals surface area (Å²) in [7, 11) is 0. The summed E-state index contributed by atoms with van der Waals surface area (Å²) in [6.07, 6.45) is 0. The summed E-state index contributed by atoms with van der Waals surface area (Å²) in [6.45, 7) is 5.08. The highest BCUT2D eigenvalue weighted by Crippen LogP contribution is 2.34. The Hall–Kier alpha value is -0.320. The van der Waals surface area contributed by atoms with Crippen molar-refractivity contribution in [1.29, 1.82) is 0 Å². The maximum absolute atomic E-state index is 3.58. The molecule has 2 aromatic carbocycles. The lowest BCUT2D eigenvalue weighted by Crippen LogP contribution is -2.03. The van der Waals surface area contributed by atoms with Gasteiger partial charge in [0, 0.05) is 20.0 Å². The zero-order valence-electron chi connectivity index (χ0n) is 10.7. The van der Waals surface area contributed by atoms with Crippen molar-refractivity contribution in [3.05, 3.63) is 60.4 Å². The minimum atomic E-state index is 0.810. The molecule has 0 aliphatic heterocycles. The van der Waals surface area contributed by atoms with Crippen LogP contribution in [0.3, 0.4) is 0 Å². The standard InChI is InChI=1S/C15H14Br3N/c1-9-3-4-11(10(2)5-9)8-19-15-13(17)6-12(16)7-14(15)18/h3-7,19H,8H2,1-2H3. The minimum Gasteiger partial charge on any atom is -0.379 e. The summed E-state index contributed by atoms with van der Waals surface area (Å²) >= 11 is 10.6. The topological polar surface area (TPSA) is 12.0 Å². The Balaban J connectivity index is 2.19. The highest BCUT2D eigenvalue weighted by atomic mass is 79.9. The first-order valence-electron chi connectivity index (χ1n) is 5.92. The fourth-order valence-corrected chi connectivity index (χ4v) is 4.48. The van der Waals surface area contributed by atoms with E-state index in [0.29, 0.717) is 0 Å². The van der Waals surface area contributed by atoms with Crippen molar-refractivity contribution < 1.29 is 0 Å². The van der Waals surface area contributed by atoms with Gasteiger partial charge in [0.2, 0.25) is 0 Å². The summed E-state index contributed by atoms with van der Waals surface area (Å²) in [6, 6.07) is 10.6. The zero-order valence-corrected chi connectivity index (χ0v) is 15.5. The predicted octanol–water partition coefficient (Wildman–Crippen LogP) is 6.20. The third-order valence-electron chi connectivity index (χ3n) is 2.96. The maximum Gasteiger partial charge on any atom is 0.0632 e. The molecule has 2 aromatic rings. The number of halogens is 3. The van der Waals surface area contributed by atoms with E-state index in [2.05, 4.69) is 85.2 Å². The van der Waals surface area contributed by atoms with Gasteiger partial charge in [-0.1, -0.05) is 39.7 Å². The second kappa shape index (κ2) is 6.42. The first kappa shape index (κ1) is 15.1. The molecule has 0 spiro atoms. The van der Waals surface area contributed by atoms with Crippen LogP contribution < -0.4 is 5.32 Å². The van der Waals surface area contributed by atoms with Crippen LogP contribution in [-0.4, -0.2) is 0 Å². The van der Waals surface area contributed by atoms with Crippen LogP contribution in [0.25, 0.3) is 0 Å². The first-order valence-corrected chi connectivity index (χ1v) is 8.30. The molecule has 0 atom stereocenters. The Morgan fingerprint density at radius 1 is 0.947 bits per heavy atom. The van der Waals surface area contributed by atoms with E-state index in [1.165, 1.54) is 16.7 Å². The number of anilines is 1. The molecule has 0 saturated heterocycles. The van der Waals surface area contributed by atoms with E-state index in [0.717, 1.165) is 25.7 Å². The van der Waals surface area contributed by atoms with Crippen molar-refractivity contribution in [1.82, 2.24) is 0 Å². The summed E-state index contributed by atoms with van der Waals surface area (Å²) in [5.41, 5.74) is 5.00. The largest absolute Gasteiger partial charge is 0.379 e. The third kappa shape index (κ3) is 3.83. The van der Waals surface area contributed by atoms with Gasteiger partial charge in [-0.05, 0) is 69.0 Å². The fraction of sp³-hybridized carbons (Fsp3) is 0.200. The minimum absolute atomic E-state index is 0.810. The van der Waals surface area contributed by atoms with Crippen molar-refractivity contribution in [2.24, 2.45) is 0 Å². The number of nitrogens with one attached hydrogen (secondary N) is 1. The fourth-order valence-electron chi connectivity index (χ4n) is 1.94. The van der Waals surface area contributed by atoms with Gasteiger partial charge in [-0.25, -0.2) is 0 Å². The summed E-state index contributed by atoms with van der Waals surface area (Å²) in [4.78, 5) is 0. The highest BCUT2D eigenvalue weighted by Gasteiger charge is 2.07. The maximum atomic E-state index is 3.58. The molecule has 4 heteroatoms. The average Bonchev–Trinajstić information content (AvgIpc) is 2.30. The summed E-state index contributed by atoms with van der Waals surface area (Å²) in [5.74, 6) is 0. The molecule has 0 saturated carbocycles. The zero-order chi connectivity index (χ0) is 14.0. The molecular formula is C15H14Br3N. The van der Waals surface area contributed by atoms with Crippen molar-refractivity contribution in [3.63, 3.8) is 0 Å². The Labute approximate surface area is 139 Å². The quantitative estimate of drug-likeness (QED) is 0.590. The Kier molecular flexibility index (Phi) is 5.09. The number of benzene rings is 2. The van der Waals surface area contributed by atoms with Crippen molar-refractivity contribution in [2.45, 2.75) is 20.4 Å². The number of hydrogen-bond donors (Lipinski definition) is 1. The van der Waals surface area contributed by atoms with Gasteiger partial charge < -0.3 is 5.32 Å². The van der Waals surface area contributed by atoms with E-state index >= 15 is 0 Å². The van der Waals surface area contributed by atoms with Crippen LogP contribution in [0, 0.1) is 13.8 Å². The normalized spacial score (nSPS) is 10.6. The lowest BCUT2D eigenvalue weighted by atomic mass is 10.1. The smallest absolute Gasteiger partial charge is 0.0632 e. The van der Waals surface area contributed by atoms with Crippen LogP contribution in [-0.2, 0) is 6.54 Å². The van der Waals surface area contributed by atoms with Gasteiger partial charge in [0.05, 0.1) is 5.69 Å². The highest BCUT2D eigenvalue weighted by molar-refractivity contribution is 9.11. The molecule has 0 heterocycles. The predicted molar refractivity (Wildman–Crippen MR) is 92.8 cm³/mol. The molecule has 2 rings (SSSR count). The van der Waals surface area contributed by atoms with Gasteiger partial charge in [0.1, 0.15) is 0 Å². The van der Waals surface area contributed by atoms with Crippen molar-refractivity contribution in [2.75, 3.05) is 5.32 Å². The molecule has 100 valence electrons. The average molecular weight is 448 g/mol. The number of hydrogen-bond acceptors (Lipinski definition) is 1. The lowest BCUT2D eigenvalue weighted by Gasteiger charge is -2.13. The molecular weight excluding hydrogens is 434 g/mol. The second-order valence-electron chi connectivity index (χ2n) is 4.53. The van der Waals surface area contributed by atoms with Crippen LogP contribution in [0.1, 0.15) is 16.7 Å². The molecule has 0 aromatic heterocycles. The van der Waals surface area contributed by atoms with Crippen LogP contribution >= 0.6 is 47.8 Å². The number of aryl methyl sites for hydroxylation is 2. The molecule has 0 amide bonds. The van der Waals surface area contributed by atoms with Crippen LogP contribution in [0.4, 0.5) is 5.69 Å². The Bertz CT molecular complexity index is 585.